The molecule has 0 amide bonds. The van der Waals surface area contributed by atoms with Crippen LogP contribution in [-0.2, 0) is 11.3 Å². The number of methoxy groups -OCH3 is 1. The van der Waals surface area contributed by atoms with Crippen molar-refractivity contribution in [1.82, 2.24) is 9.88 Å². The van der Waals surface area contributed by atoms with Crippen molar-refractivity contribution in [2.24, 2.45) is 0 Å². The summed E-state index contributed by atoms with van der Waals surface area (Å²) in [6.07, 6.45) is 0. The van der Waals surface area contributed by atoms with Gasteiger partial charge >= 0.3 is 0 Å². The quantitative estimate of drug-likeness (QED) is 0.797. The second-order valence-electron chi connectivity index (χ2n) is 3.81. The van der Waals surface area contributed by atoms with Crippen molar-refractivity contribution in [3.8, 4) is 0 Å². The summed E-state index contributed by atoms with van der Waals surface area (Å²) in [7, 11) is 3.82. The first-order valence-corrected chi connectivity index (χ1v) is 6.13. The predicted octanol–water partition coefficient (Wildman–Crippen LogP) is 2.37. The van der Waals surface area contributed by atoms with Gasteiger partial charge in [0.05, 0.1) is 23.4 Å². The zero-order valence-electron chi connectivity index (χ0n) is 9.64. The third-order valence-electron chi connectivity index (χ3n) is 2.42. The van der Waals surface area contributed by atoms with E-state index in [0.29, 0.717) is 0 Å². The van der Waals surface area contributed by atoms with E-state index in [2.05, 4.69) is 35.1 Å². The third-order valence-corrected chi connectivity index (χ3v) is 3.44. The Hall–Kier alpha value is -0.970. The van der Waals surface area contributed by atoms with Crippen molar-refractivity contribution in [1.29, 1.82) is 0 Å². The highest BCUT2D eigenvalue weighted by Gasteiger charge is 2.05. The first-order chi connectivity index (χ1) is 7.79. The number of likely N-dealkylation sites (N-methyl/N-ethyl adjacent to an activating group) is 1. The standard InChI is InChI=1S/C12H16N2OS/c1-14(7-8-15-2)9-12-13-10-5-3-4-6-11(10)16-12/h3-6H,7-9H2,1-2H3. The molecule has 0 saturated heterocycles. The van der Waals surface area contributed by atoms with E-state index in [9.17, 15) is 0 Å². The molecule has 0 aliphatic rings. The van der Waals surface area contributed by atoms with Crippen molar-refractivity contribution >= 4 is 21.6 Å². The molecule has 0 unspecified atom stereocenters. The van der Waals surface area contributed by atoms with Gasteiger partial charge in [0.1, 0.15) is 5.01 Å². The number of para-hydroxylation sites is 1. The summed E-state index contributed by atoms with van der Waals surface area (Å²) in [5.41, 5.74) is 1.10. The Bertz CT molecular complexity index is 422. The Labute approximate surface area is 99.7 Å². The molecule has 0 aliphatic heterocycles. The molecule has 0 fully saturated rings. The molecule has 16 heavy (non-hydrogen) atoms. The molecule has 0 atom stereocenters. The molecule has 86 valence electrons. The highest BCUT2D eigenvalue weighted by atomic mass is 32.1. The Kier molecular flexibility index (Phi) is 3.88. The molecule has 0 bridgehead atoms. The van der Waals surface area contributed by atoms with Crippen LogP contribution in [0.5, 0.6) is 0 Å². The molecule has 2 rings (SSSR count). The number of hydrogen-bond acceptors (Lipinski definition) is 4. The molecule has 0 aliphatic carbocycles. The van der Waals surface area contributed by atoms with Crippen molar-refractivity contribution in [2.75, 3.05) is 27.3 Å². The maximum Gasteiger partial charge on any atom is 0.108 e. The molecule has 1 heterocycles. The van der Waals surface area contributed by atoms with Crippen LogP contribution in [0.15, 0.2) is 24.3 Å². The summed E-state index contributed by atoms with van der Waals surface area (Å²) in [6, 6.07) is 8.26. The Morgan fingerprint density at radius 3 is 2.94 bits per heavy atom. The molecule has 1 aromatic heterocycles. The summed E-state index contributed by atoms with van der Waals surface area (Å²) in [5, 5.41) is 1.17. The number of thiazole rings is 1. The van der Waals surface area contributed by atoms with E-state index in [1.807, 2.05) is 6.07 Å². The minimum atomic E-state index is 0.765. The zero-order chi connectivity index (χ0) is 11.4. The van der Waals surface area contributed by atoms with Crippen LogP contribution in [-0.4, -0.2) is 37.2 Å². The van der Waals surface area contributed by atoms with E-state index in [1.54, 1.807) is 18.4 Å². The minimum absolute atomic E-state index is 0.765. The second kappa shape index (κ2) is 5.39. The first-order valence-electron chi connectivity index (χ1n) is 5.31. The summed E-state index contributed by atoms with van der Waals surface area (Å²) in [6.45, 7) is 2.59. The van der Waals surface area contributed by atoms with Crippen LogP contribution in [0.2, 0.25) is 0 Å². The van der Waals surface area contributed by atoms with Crippen LogP contribution in [0, 0.1) is 0 Å². The van der Waals surface area contributed by atoms with Crippen LogP contribution >= 0.6 is 11.3 Å². The third kappa shape index (κ3) is 2.78. The van der Waals surface area contributed by atoms with Gasteiger partial charge in [0.15, 0.2) is 0 Å². The Balaban J connectivity index is 2.03. The average molecular weight is 236 g/mol. The molecule has 3 nitrogen and oxygen atoms in total. The van der Waals surface area contributed by atoms with E-state index in [0.717, 1.165) is 25.2 Å². The zero-order valence-corrected chi connectivity index (χ0v) is 10.5. The van der Waals surface area contributed by atoms with Crippen LogP contribution < -0.4 is 0 Å². The molecule has 1 aromatic carbocycles. The fourth-order valence-corrected chi connectivity index (χ4v) is 2.59. The van der Waals surface area contributed by atoms with E-state index in [-0.39, 0.29) is 0 Å². The van der Waals surface area contributed by atoms with Gasteiger partial charge < -0.3 is 4.74 Å². The van der Waals surface area contributed by atoms with Crippen molar-refractivity contribution < 1.29 is 4.74 Å². The summed E-state index contributed by atoms with van der Waals surface area (Å²) in [5.74, 6) is 0. The summed E-state index contributed by atoms with van der Waals surface area (Å²) < 4.78 is 6.31. The van der Waals surface area contributed by atoms with Gasteiger partial charge in [0.25, 0.3) is 0 Å². The van der Waals surface area contributed by atoms with E-state index in [1.165, 1.54) is 9.71 Å². The molecule has 4 heteroatoms. The molecule has 0 radical (unpaired) electrons. The van der Waals surface area contributed by atoms with Crippen LogP contribution in [0.25, 0.3) is 10.2 Å². The van der Waals surface area contributed by atoms with Gasteiger partial charge in [0.2, 0.25) is 0 Å². The topological polar surface area (TPSA) is 25.4 Å². The van der Waals surface area contributed by atoms with Gasteiger partial charge in [-0.2, -0.15) is 0 Å². The average Bonchev–Trinajstić information content (AvgIpc) is 2.68. The van der Waals surface area contributed by atoms with Gasteiger partial charge in [-0.05, 0) is 19.2 Å². The highest BCUT2D eigenvalue weighted by Crippen LogP contribution is 2.22. The molecule has 0 spiro atoms. The fourth-order valence-electron chi connectivity index (χ4n) is 1.54. The second-order valence-corrected chi connectivity index (χ2v) is 4.92. The summed E-state index contributed by atoms with van der Waals surface area (Å²) >= 11 is 1.77. The lowest BCUT2D eigenvalue weighted by Crippen LogP contribution is -2.22. The van der Waals surface area contributed by atoms with E-state index in [4.69, 9.17) is 4.74 Å². The maximum absolute atomic E-state index is 5.05. The smallest absolute Gasteiger partial charge is 0.108 e. The molecule has 0 saturated carbocycles. The van der Waals surface area contributed by atoms with E-state index < -0.39 is 0 Å². The predicted molar refractivity (Wildman–Crippen MR) is 67.8 cm³/mol. The van der Waals surface area contributed by atoms with Crippen LogP contribution in [0.4, 0.5) is 0 Å². The normalized spacial score (nSPS) is 11.4. The SMILES string of the molecule is COCCN(C)Cc1nc2ccccc2s1. The van der Waals surface area contributed by atoms with Crippen LogP contribution in [0.1, 0.15) is 5.01 Å². The number of ether oxygens (including phenoxy) is 1. The number of aromatic nitrogens is 1. The fraction of sp³-hybridized carbons (Fsp3) is 0.417. The lowest BCUT2D eigenvalue weighted by atomic mass is 10.3. The number of benzene rings is 1. The molecule has 0 N–H and O–H groups in total. The minimum Gasteiger partial charge on any atom is -0.383 e. The van der Waals surface area contributed by atoms with Crippen LogP contribution in [0.3, 0.4) is 0 Å². The molecule has 2 aromatic rings. The van der Waals surface area contributed by atoms with Gasteiger partial charge in [-0.15, -0.1) is 11.3 Å². The van der Waals surface area contributed by atoms with Gasteiger partial charge in [0, 0.05) is 13.7 Å². The lowest BCUT2D eigenvalue weighted by molar-refractivity contribution is 0.158. The first kappa shape index (κ1) is 11.5. The van der Waals surface area contributed by atoms with E-state index >= 15 is 0 Å². The van der Waals surface area contributed by atoms with Gasteiger partial charge in [-0.25, -0.2) is 4.98 Å². The van der Waals surface area contributed by atoms with Gasteiger partial charge in [-0.1, -0.05) is 12.1 Å². The van der Waals surface area contributed by atoms with Gasteiger partial charge in [-0.3, -0.25) is 4.90 Å². The Morgan fingerprint density at radius 1 is 1.38 bits per heavy atom. The highest BCUT2D eigenvalue weighted by molar-refractivity contribution is 7.18. The molecular formula is C12H16N2OS. The number of fused-ring (bicyclic) bond motifs is 1. The monoisotopic (exact) mass is 236 g/mol. The Morgan fingerprint density at radius 2 is 2.19 bits per heavy atom. The number of hydrogen-bond donors (Lipinski definition) is 0. The van der Waals surface area contributed by atoms with Crippen molar-refractivity contribution in [3.05, 3.63) is 29.3 Å². The number of nitrogens with zero attached hydrogens (tertiary/aromatic N) is 2. The van der Waals surface area contributed by atoms with Crippen molar-refractivity contribution in [3.63, 3.8) is 0 Å². The largest absolute Gasteiger partial charge is 0.383 e. The maximum atomic E-state index is 5.05. The number of rotatable bonds is 5. The van der Waals surface area contributed by atoms with Crippen molar-refractivity contribution in [2.45, 2.75) is 6.54 Å². The molecular weight excluding hydrogens is 220 g/mol. The summed E-state index contributed by atoms with van der Waals surface area (Å²) in [4.78, 5) is 6.82. The lowest BCUT2D eigenvalue weighted by Gasteiger charge is -2.13.